The number of nitrogens with one attached hydrogen (secondary N) is 1. The number of carbonyl (C=O) groups excluding carboxylic acids is 1. The summed E-state index contributed by atoms with van der Waals surface area (Å²) in [7, 11) is 0. The van der Waals surface area contributed by atoms with Gasteiger partial charge in [-0.15, -0.1) is 0 Å². The molecule has 116 valence electrons. The molecule has 1 heterocycles. The fourth-order valence-electron chi connectivity index (χ4n) is 2.95. The van der Waals surface area contributed by atoms with Crippen molar-refractivity contribution in [3.63, 3.8) is 0 Å². The number of aromatic nitrogens is 1. The van der Waals surface area contributed by atoms with E-state index in [1.807, 2.05) is 17.7 Å². The van der Waals surface area contributed by atoms with Gasteiger partial charge >= 0.3 is 5.97 Å². The molecule has 1 aliphatic carbocycles. The molecule has 2 rings (SSSR count). The van der Waals surface area contributed by atoms with Crippen molar-refractivity contribution in [3.05, 3.63) is 22.4 Å². The molecule has 0 aliphatic heterocycles. The quantitative estimate of drug-likeness (QED) is 0.814. The van der Waals surface area contributed by atoms with E-state index in [4.69, 9.17) is 0 Å². The highest BCUT2D eigenvalue weighted by molar-refractivity contribution is 9.10. The molecule has 1 aromatic heterocycles. The van der Waals surface area contributed by atoms with Crippen LogP contribution in [-0.2, 0) is 11.3 Å². The highest BCUT2D eigenvalue weighted by atomic mass is 79.9. The monoisotopic (exact) mass is 356 g/mol. The zero-order valence-corrected chi connectivity index (χ0v) is 13.7. The van der Waals surface area contributed by atoms with Gasteiger partial charge < -0.3 is 15.0 Å². The largest absolute Gasteiger partial charge is 0.481 e. The van der Waals surface area contributed by atoms with Crippen molar-refractivity contribution in [1.82, 2.24) is 9.88 Å². The van der Waals surface area contributed by atoms with Crippen LogP contribution in [0, 0.1) is 5.92 Å². The summed E-state index contributed by atoms with van der Waals surface area (Å²) in [6, 6.07) is 1.49. The van der Waals surface area contributed by atoms with Crippen molar-refractivity contribution in [2.75, 3.05) is 0 Å². The summed E-state index contributed by atoms with van der Waals surface area (Å²) in [5.41, 5.74) is 0.567. The minimum Gasteiger partial charge on any atom is -0.481 e. The molecule has 21 heavy (non-hydrogen) atoms. The van der Waals surface area contributed by atoms with Gasteiger partial charge in [0.2, 0.25) is 0 Å². The fraction of sp³-hybridized carbons (Fsp3) is 0.600. The molecule has 5 nitrogen and oxygen atoms in total. The number of rotatable bonds is 4. The van der Waals surface area contributed by atoms with Crippen LogP contribution < -0.4 is 5.32 Å². The van der Waals surface area contributed by atoms with Crippen molar-refractivity contribution in [1.29, 1.82) is 0 Å². The SMILES string of the molecule is CCn1cc(Br)cc1C(=O)NC1CCCCCC1C(=O)O. The Labute approximate surface area is 132 Å². The van der Waals surface area contributed by atoms with Crippen LogP contribution in [0.2, 0.25) is 0 Å². The van der Waals surface area contributed by atoms with E-state index >= 15 is 0 Å². The van der Waals surface area contributed by atoms with Crippen molar-refractivity contribution in [3.8, 4) is 0 Å². The topological polar surface area (TPSA) is 71.3 Å². The van der Waals surface area contributed by atoms with Crippen LogP contribution in [0.3, 0.4) is 0 Å². The van der Waals surface area contributed by atoms with Crippen LogP contribution in [0.15, 0.2) is 16.7 Å². The van der Waals surface area contributed by atoms with Crippen LogP contribution >= 0.6 is 15.9 Å². The second-order valence-electron chi connectivity index (χ2n) is 5.49. The maximum Gasteiger partial charge on any atom is 0.308 e. The Hall–Kier alpha value is -1.30. The lowest BCUT2D eigenvalue weighted by Gasteiger charge is -2.23. The third-order valence-electron chi connectivity index (χ3n) is 4.09. The van der Waals surface area contributed by atoms with Crippen molar-refractivity contribution < 1.29 is 14.7 Å². The molecule has 0 saturated heterocycles. The number of aryl methyl sites for hydroxylation is 1. The van der Waals surface area contributed by atoms with Gasteiger partial charge in [0, 0.05) is 23.3 Å². The van der Waals surface area contributed by atoms with Gasteiger partial charge in [0.1, 0.15) is 5.69 Å². The van der Waals surface area contributed by atoms with Crippen LogP contribution in [0.1, 0.15) is 49.5 Å². The van der Waals surface area contributed by atoms with Crippen molar-refractivity contribution in [2.24, 2.45) is 5.92 Å². The van der Waals surface area contributed by atoms with E-state index in [0.29, 0.717) is 18.7 Å². The summed E-state index contributed by atoms with van der Waals surface area (Å²) < 4.78 is 2.71. The molecule has 1 saturated carbocycles. The maximum absolute atomic E-state index is 12.4. The van der Waals surface area contributed by atoms with Gasteiger partial charge in [0.05, 0.1) is 5.92 Å². The summed E-state index contributed by atoms with van der Waals surface area (Å²) in [5, 5.41) is 12.3. The van der Waals surface area contributed by atoms with Crippen molar-refractivity contribution >= 4 is 27.8 Å². The fourth-order valence-corrected chi connectivity index (χ4v) is 3.41. The first-order valence-electron chi connectivity index (χ1n) is 7.42. The molecule has 0 bridgehead atoms. The maximum atomic E-state index is 12.4. The molecule has 1 fully saturated rings. The van der Waals surface area contributed by atoms with Crippen LogP contribution in [0.25, 0.3) is 0 Å². The molecular weight excluding hydrogens is 336 g/mol. The normalized spacial score (nSPS) is 22.6. The molecule has 0 radical (unpaired) electrons. The average Bonchev–Trinajstić information content (AvgIpc) is 2.67. The highest BCUT2D eigenvalue weighted by Crippen LogP contribution is 2.24. The number of amides is 1. The summed E-state index contributed by atoms with van der Waals surface area (Å²) in [6.45, 7) is 2.66. The minimum absolute atomic E-state index is 0.194. The molecule has 6 heteroatoms. The van der Waals surface area contributed by atoms with E-state index in [-0.39, 0.29) is 11.9 Å². The third-order valence-corrected chi connectivity index (χ3v) is 4.52. The Bertz CT molecular complexity index is 527. The first kappa shape index (κ1) is 16.1. The summed E-state index contributed by atoms with van der Waals surface area (Å²) in [6.07, 6.45) is 6.15. The van der Waals surface area contributed by atoms with E-state index < -0.39 is 11.9 Å². The Morgan fingerprint density at radius 1 is 1.38 bits per heavy atom. The lowest BCUT2D eigenvalue weighted by Crippen LogP contribution is -2.43. The van der Waals surface area contributed by atoms with Gasteiger partial charge in [0.25, 0.3) is 5.91 Å². The number of halogens is 1. The second-order valence-corrected chi connectivity index (χ2v) is 6.41. The van der Waals surface area contributed by atoms with Gasteiger partial charge in [0.15, 0.2) is 0 Å². The zero-order valence-electron chi connectivity index (χ0n) is 12.1. The molecule has 2 atom stereocenters. The van der Waals surface area contributed by atoms with E-state index in [1.54, 1.807) is 6.07 Å². The molecule has 2 unspecified atom stereocenters. The van der Waals surface area contributed by atoms with Crippen LogP contribution in [0.4, 0.5) is 0 Å². The Morgan fingerprint density at radius 3 is 2.76 bits per heavy atom. The zero-order chi connectivity index (χ0) is 15.4. The number of aliphatic carboxylic acids is 1. The molecule has 0 aromatic carbocycles. The summed E-state index contributed by atoms with van der Waals surface area (Å²) in [4.78, 5) is 23.8. The number of carboxylic acid groups (broad SMARTS) is 1. The van der Waals surface area contributed by atoms with Crippen LogP contribution in [0.5, 0.6) is 0 Å². The number of nitrogens with zero attached hydrogens (tertiary/aromatic N) is 1. The van der Waals surface area contributed by atoms with Gasteiger partial charge in [-0.1, -0.05) is 19.3 Å². The Balaban J connectivity index is 2.14. The van der Waals surface area contributed by atoms with E-state index in [0.717, 1.165) is 30.2 Å². The second kappa shape index (κ2) is 7.11. The number of carbonyl (C=O) groups is 2. The lowest BCUT2D eigenvalue weighted by molar-refractivity contribution is -0.142. The smallest absolute Gasteiger partial charge is 0.308 e. The van der Waals surface area contributed by atoms with Gasteiger partial charge in [-0.2, -0.15) is 0 Å². The third kappa shape index (κ3) is 3.87. The standard InChI is InChI=1S/C15H21BrN2O3/c1-2-18-9-10(16)8-13(18)14(19)17-12-7-5-3-4-6-11(12)15(20)21/h8-9,11-12H,2-7H2,1H3,(H,17,19)(H,20,21). The number of hydrogen-bond acceptors (Lipinski definition) is 2. The van der Waals surface area contributed by atoms with Crippen LogP contribution in [-0.4, -0.2) is 27.6 Å². The van der Waals surface area contributed by atoms with Gasteiger partial charge in [-0.05, 0) is 41.8 Å². The summed E-state index contributed by atoms with van der Waals surface area (Å²) in [5.74, 6) is -1.49. The molecular formula is C15H21BrN2O3. The predicted molar refractivity (Wildman–Crippen MR) is 83.3 cm³/mol. The van der Waals surface area contributed by atoms with E-state index in [2.05, 4.69) is 21.2 Å². The van der Waals surface area contributed by atoms with Gasteiger partial charge in [-0.3, -0.25) is 9.59 Å². The van der Waals surface area contributed by atoms with E-state index in [1.165, 1.54) is 0 Å². The number of carboxylic acids is 1. The number of hydrogen-bond donors (Lipinski definition) is 2. The first-order chi connectivity index (χ1) is 10.0. The molecule has 1 aromatic rings. The lowest BCUT2D eigenvalue weighted by atomic mass is 9.95. The molecule has 2 N–H and O–H groups in total. The predicted octanol–water partition coefficient (Wildman–Crippen LogP) is 3.03. The molecule has 1 aliphatic rings. The van der Waals surface area contributed by atoms with E-state index in [9.17, 15) is 14.7 Å². The Kier molecular flexibility index (Phi) is 5.45. The summed E-state index contributed by atoms with van der Waals surface area (Å²) >= 11 is 3.37. The minimum atomic E-state index is -0.811. The average molecular weight is 357 g/mol. The van der Waals surface area contributed by atoms with Gasteiger partial charge in [-0.25, -0.2) is 0 Å². The van der Waals surface area contributed by atoms with Crippen molar-refractivity contribution in [2.45, 2.75) is 51.6 Å². The Morgan fingerprint density at radius 2 is 2.10 bits per heavy atom. The molecule has 0 spiro atoms. The molecule has 1 amide bonds. The first-order valence-corrected chi connectivity index (χ1v) is 8.21. The highest BCUT2D eigenvalue weighted by Gasteiger charge is 2.31.